The summed E-state index contributed by atoms with van der Waals surface area (Å²) in [5, 5.41) is 12.5. The van der Waals surface area contributed by atoms with Gasteiger partial charge in [-0.3, -0.25) is 34.6 Å². The summed E-state index contributed by atoms with van der Waals surface area (Å²) in [6, 6.07) is 12.2. The number of benzene rings is 1. The number of methoxy groups -OCH3 is 1. The first kappa shape index (κ1) is 40.4. The highest BCUT2D eigenvalue weighted by atomic mass is 16.5. The number of carbonyl (C=O) groups excluding carboxylic acids is 4. The Morgan fingerprint density at radius 3 is 2.14 bits per heavy atom. The number of ketones is 1. The molecule has 14 nitrogen and oxygen atoms in total. The number of nitrogens with one attached hydrogen (secondary N) is 5. The number of aromatic nitrogens is 4. The van der Waals surface area contributed by atoms with Crippen molar-refractivity contribution in [3.63, 3.8) is 0 Å². The van der Waals surface area contributed by atoms with Gasteiger partial charge in [-0.05, 0) is 87.6 Å². The Morgan fingerprint density at radius 2 is 1.47 bits per heavy atom. The molecule has 4 aromatic rings. The quantitative estimate of drug-likeness (QED) is 0.0559. The summed E-state index contributed by atoms with van der Waals surface area (Å²) in [6.07, 6.45) is 0.467. The number of carboxylic acids is 1. The van der Waals surface area contributed by atoms with Crippen LogP contribution in [-0.4, -0.2) is 61.8 Å². The molecule has 3 amide bonds. The molecule has 2 aliphatic rings. The van der Waals surface area contributed by atoms with Crippen molar-refractivity contribution in [3.8, 4) is 0 Å². The number of ether oxygens (including phenoxy) is 1. The minimum absolute atomic E-state index is 0.000858. The van der Waals surface area contributed by atoms with Gasteiger partial charge in [0.05, 0.1) is 35.8 Å². The monoisotopic (exact) mass is 775 g/mol. The number of hydrogen-bond acceptors (Lipinski definition) is 8. The Morgan fingerprint density at radius 1 is 0.825 bits per heavy atom. The summed E-state index contributed by atoms with van der Waals surface area (Å²) in [6.45, 7) is 13.2. The number of carbonyl (C=O) groups is 5. The van der Waals surface area contributed by atoms with Gasteiger partial charge in [0.15, 0.2) is 5.78 Å². The van der Waals surface area contributed by atoms with Crippen LogP contribution >= 0.6 is 0 Å². The van der Waals surface area contributed by atoms with Crippen molar-refractivity contribution in [2.75, 3.05) is 12.4 Å². The number of fused-ring (bicyclic) bond motifs is 8. The van der Waals surface area contributed by atoms with Crippen LogP contribution < -0.4 is 16.2 Å². The lowest BCUT2D eigenvalue weighted by Gasteiger charge is -2.17. The summed E-state index contributed by atoms with van der Waals surface area (Å²) in [5.41, 5.74) is 13.4. The third kappa shape index (κ3) is 8.16. The number of aryl methyl sites for hydroxylation is 3. The standard InChI is InChI=1S/C43H49N7O7/c1-9-27-21(3)30-19-35-38(25(7)51)23(5)32(46-35)17-31-22(4)28(13-14-36(52)53)40(47-31)29(16-37(54)57-8)41-39(24(6)33(48-41)18-34(27)45-30)42(55)49-50-43(56)44-26-12-10-11-20(2)15-26/h10-12,15,17-19,21-22,27-28,46,48H,9,13-14,16H2,1-8H3,(H,49,55)(H,52,53)(H2,44,50,56)/t21-,22+,27-,28+/m1/s1. The zero-order chi connectivity index (χ0) is 41.3. The zero-order valence-corrected chi connectivity index (χ0v) is 33.5. The minimum Gasteiger partial charge on any atom is -0.481 e. The van der Waals surface area contributed by atoms with Crippen molar-refractivity contribution < 1.29 is 33.8 Å². The van der Waals surface area contributed by atoms with Crippen LogP contribution in [0.25, 0.3) is 22.1 Å². The molecule has 4 atom stereocenters. The Bertz CT molecular complexity index is 2470. The SMILES string of the molecule is CC[C@H]1c2cc3[nH]c(c(CC(=O)OC)c4nc(cc5[nH]c(cc(n2)[C@@H]1C)c(C(C)=O)c5C)[C@@H](C)[C@@H]4CCC(=O)O)c(C(=O)NNC(=O)Nc1cccc(C)c1)c3C. The first-order chi connectivity index (χ1) is 27.1. The van der Waals surface area contributed by atoms with Crippen LogP contribution in [0.2, 0.25) is 0 Å². The second kappa shape index (κ2) is 16.4. The van der Waals surface area contributed by atoms with Crippen LogP contribution in [0.4, 0.5) is 10.5 Å². The highest BCUT2D eigenvalue weighted by Crippen LogP contribution is 2.43. The number of esters is 1. The molecule has 298 valence electrons. The maximum atomic E-state index is 14.3. The molecule has 6 N–H and O–H groups in total. The van der Waals surface area contributed by atoms with Gasteiger partial charge >= 0.3 is 18.0 Å². The summed E-state index contributed by atoms with van der Waals surface area (Å²) in [5.74, 6) is -3.18. The molecule has 0 saturated heterocycles. The highest BCUT2D eigenvalue weighted by Gasteiger charge is 2.34. The van der Waals surface area contributed by atoms with Crippen LogP contribution in [0, 0.1) is 20.8 Å². The Kier molecular flexibility index (Phi) is 11.6. The van der Waals surface area contributed by atoms with Gasteiger partial charge in [0, 0.05) is 75.0 Å². The Hall–Kier alpha value is -6.31. The van der Waals surface area contributed by atoms with Crippen molar-refractivity contribution in [2.45, 2.75) is 97.8 Å². The van der Waals surface area contributed by atoms with Gasteiger partial charge in [0.1, 0.15) is 0 Å². The Balaban J connectivity index is 1.67. The third-order valence-electron chi connectivity index (χ3n) is 11.3. The molecule has 3 aromatic heterocycles. The van der Waals surface area contributed by atoms with Gasteiger partial charge in [-0.25, -0.2) is 10.2 Å². The van der Waals surface area contributed by atoms with Crippen molar-refractivity contribution >= 4 is 57.4 Å². The summed E-state index contributed by atoms with van der Waals surface area (Å²) in [7, 11) is 1.27. The van der Waals surface area contributed by atoms with E-state index in [0.717, 1.165) is 28.9 Å². The van der Waals surface area contributed by atoms with Crippen LogP contribution in [0.15, 0.2) is 42.5 Å². The van der Waals surface area contributed by atoms with Gasteiger partial charge in [-0.2, -0.15) is 0 Å². The predicted molar refractivity (Wildman–Crippen MR) is 216 cm³/mol. The lowest BCUT2D eigenvalue weighted by molar-refractivity contribution is -0.140. The molecule has 0 unspecified atom stereocenters. The van der Waals surface area contributed by atoms with Crippen LogP contribution in [0.3, 0.4) is 0 Å². The van der Waals surface area contributed by atoms with Crippen molar-refractivity contribution in [3.05, 3.63) is 98.6 Å². The number of Topliss-reactive ketones (excluding diaryl/α,β-unsaturated/α-hetero) is 1. The summed E-state index contributed by atoms with van der Waals surface area (Å²) in [4.78, 5) is 82.6. The second-order valence-corrected chi connectivity index (χ2v) is 15.0. The maximum absolute atomic E-state index is 14.3. The largest absolute Gasteiger partial charge is 0.481 e. The number of rotatable bonds is 9. The van der Waals surface area contributed by atoms with E-state index in [9.17, 15) is 29.1 Å². The van der Waals surface area contributed by atoms with Crippen LogP contribution in [-0.2, 0) is 20.7 Å². The highest BCUT2D eigenvalue weighted by molar-refractivity contribution is 6.07. The number of amides is 3. The van der Waals surface area contributed by atoms with Gasteiger partial charge in [0.25, 0.3) is 5.91 Å². The zero-order valence-electron chi connectivity index (χ0n) is 33.5. The van der Waals surface area contributed by atoms with E-state index in [4.69, 9.17) is 14.7 Å². The molecule has 0 spiro atoms. The van der Waals surface area contributed by atoms with E-state index in [0.29, 0.717) is 50.3 Å². The molecule has 0 aliphatic carbocycles. The Labute approximate surface area is 330 Å². The number of urea groups is 1. The van der Waals surface area contributed by atoms with Crippen molar-refractivity contribution in [1.29, 1.82) is 0 Å². The smallest absolute Gasteiger partial charge is 0.337 e. The van der Waals surface area contributed by atoms with E-state index in [1.165, 1.54) is 14.0 Å². The van der Waals surface area contributed by atoms with E-state index in [2.05, 4.69) is 40.0 Å². The summed E-state index contributed by atoms with van der Waals surface area (Å²) < 4.78 is 5.16. The molecule has 1 aromatic carbocycles. The molecule has 0 radical (unpaired) electrons. The topological polar surface area (TPSA) is 208 Å². The lowest BCUT2D eigenvalue weighted by atomic mass is 9.85. The van der Waals surface area contributed by atoms with E-state index >= 15 is 0 Å². The van der Waals surface area contributed by atoms with E-state index in [1.807, 2.05) is 45.0 Å². The van der Waals surface area contributed by atoms with E-state index < -0.39 is 29.8 Å². The summed E-state index contributed by atoms with van der Waals surface area (Å²) >= 11 is 0. The molecule has 14 heteroatoms. The van der Waals surface area contributed by atoms with Gasteiger partial charge in [0.2, 0.25) is 0 Å². The molecular formula is C43H49N7O7. The van der Waals surface area contributed by atoms with E-state index in [-0.39, 0.29) is 53.9 Å². The molecule has 57 heavy (non-hydrogen) atoms. The number of aliphatic carboxylic acids is 1. The van der Waals surface area contributed by atoms with Gasteiger partial charge < -0.3 is 25.1 Å². The maximum Gasteiger partial charge on any atom is 0.337 e. The number of hydrogen-bond donors (Lipinski definition) is 6. The number of carboxylic acid groups (broad SMARTS) is 1. The molecule has 5 heterocycles. The molecule has 6 rings (SSSR count). The molecule has 0 fully saturated rings. The number of aromatic amines is 2. The molecular weight excluding hydrogens is 727 g/mol. The predicted octanol–water partition coefficient (Wildman–Crippen LogP) is 7.67. The average Bonchev–Trinajstić information content (AvgIpc) is 3.84. The van der Waals surface area contributed by atoms with Crippen LogP contribution in [0.5, 0.6) is 0 Å². The molecule has 8 bridgehead atoms. The number of H-pyrrole nitrogens is 2. The fraction of sp³-hybridized carbons (Fsp3) is 0.372. The second-order valence-electron chi connectivity index (χ2n) is 15.0. The molecule has 0 saturated carbocycles. The average molecular weight is 776 g/mol. The van der Waals surface area contributed by atoms with Crippen molar-refractivity contribution in [1.82, 2.24) is 30.8 Å². The van der Waals surface area contributed by atoms with Crippen molar-refractivity contribution in [2.24, 2.45) is 0 Å². The minimum atomic E-state index is -0.992. The van der Waals surface area contributed by atoms with Gasteiger partial charge in [-0.1, -0.05) is 32.9 Å². The number of hydrazine groups is 1. The first-order valence-corrected chi connectivity index (χ1v) is 19.1. The molecule has 2 aliphatic heterocycles. The van der Waals surface area contributed by atoms with E-state index in [1.54, 1.807) is 25.1 Å². The first-order valence-electron chi connectivity index (χ1n) is 19.1. The van der Waals surface area contributed by atoms with Crippen LogP contribution in [0.1, 0.15) is 136 Å². The number of anilines is 1. The number of nitrogens with zero attached hydrogens (tertiary/aromatic N) is 2. The fourth-order valence-electron chi connectivity index (χ4n) is 8.19. The normalized spacial score (nSPS) is 17.5. The lowest BCUT2D eigenvalue weighted by Crippen LogP contribution is -2.44. The van der Waals surface area contributed by atoms with Gasteiger partial charge in [-0.15, -0.1) is 0 Å². The third-order valence-corrected chi connectivity index (χ3v) is 11.3. The fourth-order valence-corrected chi connectivity index (χ4v) is 8.19.